The van der Waals surface area contributed by atoms with Gasteiger partial charge in [0.05, 0.1) is 5.52 Å². The summed E-state index contributed by atoms with van der Waals surface area (Å²) in [6.07, 6.45) is 2.70. The first-order valence-corrected chi connectivity index (χ1v) is 5.21. The quantitative estimate of drug-likeness (QED) is 0.660. The van der Waals surface area contributed by atoms with E-state index in [1.165, 1.54) is 29.5 Å². The number of hydrogen-bond donors (Lipinski definition) is 0. The Morgan fingerprint density at radius 3 is 2.79 bits per heavy atom. The van der Waals surface area contributed by atoms with E-state index in [-0.39, 0.29) is 0 Å². The number of hydrogen-bond acceptors (Lipinski definition) is 1. The number of aryl methyl sites for hydroxylation is 1. The van der Waals surface area contributed by atoms with Crippen molar-refractivity contribution in [1.82, 2.24) is 4.98 Å². The van der Waals surface area contributed by atoms with Gasteiger partial charge in [-0.1, -0.05) is 18.2 Å². The van der Waals surface area contributed by atoms with Crippen molar-refractivity contribution in [3.05, 3.63) is 41.6 Å². The SMILES string of the molecule is Cc1nc2ccccc2cc1C1CC1. The number of fused-ring (bicyclic) bond motifs is 1. The standard InChI is InChI=1S/C13H13N/c1-9-12(10-6-7-10)8-11-4-2-3-5-13(11)14-9/h2-5,8,10H,6-7H2,1H3. The van der Waals surface area contributed by atoms with Crippen LogP contribution in [0.4, 0.5) is 0 Å². The van der Waals surface area contributed by atoms with Crippen molar-refractivity contribution in [3.8, 4) is 0 Å². The van der Waals surface area contributed by atoms with Crippen molar-refractivity contribution in [3.63, 3.8) is 0 Å². The Labute approximate surface area is 83.8 Å². The minimum absolute atomic E-state index is 0.798. The molecule has 0 N–H and O–H groups in total. The first kappa shape index (κ1) is 7.98. The van der Waals surface area contributed by atoms with E-state index in [1.807, 2.05) is 6.07 Å². The highest BCUT2D eigenvalue weighted by Gasteiger charge is 2.25. The van der Waals surface area contributed by atoms with E-state index in [0.29, 0.717) is 0 Å². The van der Waals surface area contributed by atoms with Crippen LogP contribution >= 0.6 is 0 Å². The zero-order valence-electron chi connectivity index (χ0n) is 8.33. The second kappa shape index (κ2) is 2.81. The van der Waals surface area contributed by atoms with Gasteiger partial charge >= 0.3 is 0 Å². The second-order valence-corrected chi connectivity index (χ2v) is 4.13. The predicted octanol–water partition coefficient (Wildman–Crippen LogP) is 3.42. The average Bonchev–Trinajstić information content (AvgIpc) is 3.00. The lowest BCUT2D eigenvalue weighted by atomic mass is 10.1. The molecule has 1 aliphatic carbocycles. The molecule has 1 heteroatoms. The maximum atomic E-state index is 4.64. The van der Waals surface area contributed by atoms with Crippen molar-refractivity contribution in [2.24, 2.45) is 0 Å². The van der Waals surface area contributed by atoms with E-state index >= 15 is 0 Å². The number of para-hydroxylation sites is 1. The van der Waals surface area contributed by atoms with Crippen molar-refractivity contribution in [1.29, 1.82) is 0 Å². The largest absolute Gasteiger partial charge is 0.253 e. The smallest absolute Gasteiger partial charge is 0.0705 e. The van der Waals surface area contributed by atoms with Gasteiger partial charge in [-0.05, 0) is 43.4 Å². The normalized spacial score (nSPS) is 16.1. The molecule has 2 aromatic rings. The van der Waals surface area contributed by atoms with Gasteiger partial charge in [-0.2, -0.15) is 0 Å². The fourth-order valence-electron chi connectivity index (χ4n) is 2.04. The van der Waals surface area contributed by atoms with Crippen molar-refractivity contribution in [2.45, 2.75) is 25.7 Å². The molecule has 1 aromatic heterocycles. The van der Waals surface area contributed by atoms with Gasteiger partial charge in [0.15, 0.2) is 0 Å². The third-order valence-electron chi connectivity index (χ3n) is 2.97. The van der Waals surface area contributed by atoms with Crippen molar-refractivity contribution in [2.75, 3.05) is 0 Å². The Balaban J connectivity index is 2.26. The Morgan fingerprint density at radius 2 is 2.00 bits per heavy atom. The van der Waals surface area contributed by atoms with E-state index in [0.717, 1.165) is 11.4 Å². The van der Waals surface area contributed by atoms with Gasteiger partial charge in [0.2, 0.25) is 0 Å². The molecule has 0 spiro atoms. The topological polar surface area (TPSA) is 12.9 Å². The monoisotopic (exact) mass is 183 g/mol. The molecule has 1 fully saturated rings. The van der Waals surface area contributed by atoms with Crippen LogP contribution in [0.3, 0.4) is 0 Å². The molecule has 3 rings (SSSR count). The minimum atomic E-state index is 0.798. The summed E-state index contributed by atoms with van der Waals surface area (Å²) < 4.78 is 0. The summed E-state index contributed by atoms with van der Waals surface area (Å²) in [5.41, 5.74) is 3.80. The molecule has 1 heterocycles. The third-order valence-corrected chi connectivity index (χ3v) is 2.97. The molecule has 0 radical (unpaired) electrons. The molecule has 0 bridgehead atoms. The molecule has 14 heavy (non-hydrogen) atoms. The molecule has 70 valence electrons. The van der Waals surface area contributed by atoms with Crippen LogP contribution in [0.5, 0.6) is 0 Å². The van der Waals surface area contributed by atoms with E-state index in [4.69, 9.17) is 0 Å². The molecule has 1 saturated carbocycles. The van der Waals surface area contributed by atoms with Crippen LogP contribution in [-0.2, 0) is 0 Å². The summed E-state index contributed by atoms with van der Waals surface area (Å²) >= 11 is 0. The molecule has 0 aliphatic heterocycles. The summed E-state index contributed by atoms with van der Waals surface area (Å²) in [7, 11) is 0. The second-order valence-electron chi connectivity index (χ2n) is 4.13. The van der Waals surface area contributed by atoms with Gasteiger partial charge in [-0.3, -0.25) is 4.98 Å². The first-order valence-electron chi connectivity index (χ1n) is 5.21. The molecule has 0 atom stereocenters. The Morgan fingerprint density at radius 1 is 1.21 bits per heavy atom. The maximum Gasteiger partial charge on any atom is 0.0705 e. The zero-order chi connectivity index (χ0) is 9.54. The molecule has 0 amide bonds. The van der Waals surface area contributed by atoms with Gasteiger partial charge in [-0.15, -0.1) is 0 Å². The Hall–Kier alpha value is -1.37. The molecule has 0 saturated heterocycles. The molecule has 1 nitrogen and oxygen atoms in total. The fraction of sp³-hybridized carbons (Fsp3) is 0.308. The van der Waals surface area contributed by atoms with Gasteiger partial charge in [0.1, 0.15) is 0 Å². The third kappa shape index (κ3) is 1.20. The van der Waals surface area contributed by atoms with Crippen molar-refractivity contribution >= 4 is 10.9 Å². The van der Waals surface area contributed by atoms with Crippen LogP contribution in [-0.4, -0.2) is 4.98 Å². The molecular formula is C13H13N. The number of rotatable bonds is 1. The van der Waals surface area contributed by atoms with Crippen LogP contribution in [0, 0.1) is 6.92 Å². The molecule has 0 unspecified atom stereocenters. The first-order chi connectivity index (χ1) is 6.84. The predicted molar refractivity (Wildman–Crippen MR) is 58.5 cm³/mol. The summed E-state index contributed by atoms with van der Waals surface area (Å²) in [5, 5.41) is 1.28. The highest BCUT2D eigenvalue weighted by Crippen LogP contribution is 2.41. The van der Waals surface area contributed by atoms with Crippen LogP contribution in [0.2, 0.25) is 0 Å². The molecular weight excluding hydrogens is 170 g/mol. The van der Waals surface area contributed by atoms with Gasteiger partial charge in [-0.25, -0.2) is 0 Å². The number of pyridine rings is 1. The van der Waals surface area contributed by atoms with Gasteiger partial charge in [0.25, 0.3) is 0 Å². The fourth-order valence-corrected chi connectivity index (χ4v) is 2.04. The number of nitrogens with zero attached hydrogens (tertiary/aromatic N) is 1. The maximum absolute atomic E-state index is 4.64. The lowest BCUT2D eigenvalue weighted by Crippen LogP contribution is -1.91. The summed E-state index contributed by atoms with van der Waals surface area (Å²) in [6, 6.07) is 10.7. The highest BCUT2D eigenvalue weighted by atomic mass is 14.7. The average molecular weight is 183 g/mol. The van der Waals surface area contributed by atoms with Crippen LogP contribution in [0.15, 0.2) is 30.3 Å². The van der Waals surface area contributed by atoms with Crippen LogP contribution in [0.25, 0.3) is 10.9 Å². The highest BCUT2D eigenvalue weighted by molar-refractivity contribution is 5.79. The lowest BCUT2D eigenvalue weighted by Gasteiger charge is -2.05. The van der Waals surface area contributed by atoms with E-state index in [2.05, 4.69) is 36.2 Å². The number of aromatic nitrogens is 1. The van der Waals surface area contributed by atoms with E-state index in [9.17, 15) is 0 Å². The zero-order valence-corrected chi connectivity index (χ0v) is 8.33. The lowest BCUT2D eigenvalue weighted by molar-refractivity contribution is 1.06. The van der Waals surface area contributed by atoms with E-state index < -0.39 is 0 Å². The summed E-state index contributed by atoms with van der Waals surface area (Å²) in [6.45, 7) is 2.13. The van der Waals surface area contributed by atoms with E-state index in [1.54, 1.807) is 0 Å². The minimum Gasteiger partial charge on any atom is -0.253 e. The molecule has 1 aliphatic rings. The Bertz CT molecular complexity index is 484. The molecule has 1 aromatic carbocycles. The van der Waals surface area contributed by atoms with Crippen LogP contribution in [0.1, 0.15) is 30.0 Å². The Kier molecular flexibility index (Phi) is 1.60. The van der Waals surface area contributed by atoms with Crippen LogP contribution < -0.4 is 0 Å². The summed E-state index contributed by atoms with van der Waals surface area (Å²) in [5.74, 6) is 0.798. The van der Waals surface area contributed by atoms with Gasteiger partial charge in [0, 0.05) is 11.1 Å². The van der Waals surface area contributed by atoms with Gasteiger partial charge < -0.3 is 0 Å². The van der Waals surface area contributed by atoms with Crippen molar-refractivity contribution < 1.29 is 0 Å². The number of benzene rings is 1. The summed E-state index contributed by atoms with van der Waals surface area (Å²) in [4.78, 5) is 4.64.